The predicted molar refractivity (Wildman–Crippen MR) is 68.9 cm³/mol. The Balaban J connectivity index is 2.05. The summed E-state index contributed by atoms with van der Waals surface area (Å²) in [6, 6.07) is 0.472. The molecule has 2 heterocycles. The van der Waals surface area contributed by atoms with Gasteiger partial charge in [-0.2, -0.15) is 0 Å². The fraction of sp³-hybridized carbons (Fsp3) is 0.750. The van der Waals surface area contributed by atoms with Crippen molar-refractivity contribution in [3.05, 3.63) is 16.1 Å². The van der Waals surface area contributed by atoms with Crippen molar-refractivity contribution < 1.29 is 0 Å². The summed E-state index contributed by atoms with van der Waals surface area (Å²) >= 11 is 1.81. The van der Waals surface area contributed by atoms with E-state index in [0.717, 1.165) is 26.1 Å². The van der Waals surface area contributed by atoms with E-state index in [1.807, 2.05) is 11.3 Å². The molecule has 16 heavy (non-hydrogen) atoms. The van der Waals surface area contributed by atoms with Crippen LogP contribution >= 0.6 is 11.3 Å². The molecule has 1 N–H and O–H groups in total. The molecule has 2 rings (SSSR count). The molecule has 0 spiro atoms. The Morgan fingerprint density at radius 3 is 3.12 bits per heavy atom. The molecule has 1 aliphatic heterocycles. The second kappa shape index (κ2) is 5.25. The highest BCUT2D eigenvalue weighted by atomic mass is 32.1. The molecule has 0 amide bonds. The highest BCUT2D eigenvalue weighted by molar-refractivity contribution is 7.09. The third-order valence-electron chi connectivity index (χ3n) is 2.98. The molecule has 4 heteroatoms. The molecule has 1 aliphatic rings. The van der Waals surface area contributed by atoms with Gasteiger partial charge in [0.15, 0.2) is 0 Å². The highest BCUT2D eigenvalue weighted by Crippen LogP contribution is 2.24. The number of thiazole rings is 1. The lowest BCUT2D eigenvalue weighted by atomic mass is 10.1. The van der Waals surface area contributed by atoms with Crippen LogP contribution in [0.2, 0.25) is 0 Å². The highest BCUT2D eigenvalue weighted by Gasteiger charge is 2.23. The van der Waals surface area contributed by atoms with Crippen LogP contribution in [0.1, 0.15) is 30.6 Å². The molecule has 90 valence electrons. The van der Waals surface area contributed by atoms with Crippen molar-refractivity contribution in [1.82, 2.24) is 15.2 Å². The average Bonchev–Trinajstić information content (AvgIpc) is 2.66. The van der Waals surface area contributed by atoms with Crippen molar-refractivity contribution in [2.45, 2.75) is 26.3 Å². The first kappa shape index (κ1) is 12.0. The number of hydrogen-bond acceptors (Lipinski definition) is 4. The molecule has 1 unspecified atom stereocenters. The molecular weight excluding hydrogens is 218 g/mol. The number of hydrogen-bond donors (Lipinski definition) is 1. The van der Waals surface area contributed by atoms with Gasteiger partial charge in [-0.05, 0) is 19.4 Å². The second-order valence-electron chi connectivity index (χ2n) is 4.98. The normalized spacial score (nSPS) is 22.9. The van der Waals surface area contributed by atoms with E-state index in [-0.39, 0.29) is 0 Å². The smallest absolute Gasteiger partial charge is 0.111 e. The molecule has 3 nitrogen and oxygen atoms in total. The van der Waals surface area contributed by atoms with E-state index >= 15 is 0 Å². The van der Waals surface area contributed by atoms with Crippen LogP contribution in [0, 0.1) is 5.92 Å². The van der Waals surface area contributed by atoms with Crippen molar-refractivity contribution >= 4 is 11.3 Å². The lowest BCUT2D eigenvalue weighted by Gasteiger charge is -2.31. The number of rotatable bonds is 3. The van der Waals surface area contributed by atoms with E-state index in [4.69, 9.17) is 4.98 Å². The molecule has 1 fully saturated rings. The van der Waals surface area contributed by atoms with Crippen LogP contribution in [-0.2, 0) is 6.42 Å². The van der Waals surface area contributed by atoms with Gasteiger partial charge in [0, 0.05) is 25.0 Å². The van der Waals surface area contributed by atoms with Gasteiger partial charge in [0.25, 0.3) is 0 Å². The molecule has 1 aromatic rings. The molecule has 0 radical (unpaired) electrons. The zero-order chi connectivity index (χ0) is 11.5. The number of aromatic nitrogens is 1. The van der Waals surface area contributed by atoms with Crippen LogP contribution in [0.4, 0.5) is 0 Å². The SMILES string of the molecule is CC(C)Cc1csc(C2CNCCN2C)n1. The lowest BCUT2D eigenvalue weighted by Crippen LogP contribution is -2.43. The minimum Gasteiger partial charge on any atom is -0.313 e. The number of nitrogens with zero attached hydrogens (tertiary/aromatic N) is 2. The Bertz CT molecular complexity index is 335. The molecule has 1 atom stereocenters. The molecule has 0 saturated carbocycles. The topological polar surface area (TPSA) is 28.2 Å². The summed E-state index contributed by atoms with van der Waals surface area (Å²) in [6.45, 7) is 7.73. The second-order valence-corrected chi connectivity index (χ2v) is 5.87. The van der Waals surface area contributed by atoms with Crippen molar-refractivity contribution in [2.24, 2.45) is 5.92 Å². The summed E-state index contributed by atoms with van der Waals surface area (Å²) in [5.41, 5.74) is 1.26. The number of likely N-dealkylation sites (N-methyl/N-ethyl adjacent to an activating group) is 1. The molecular formula is C12H21N3S. The van der Waals surface area contributed by atoms with Crippen LogP contribution in [0.15, 0.2) is 5.38 Å². The summed E-state index contributed by atoms with van der Waals surface area (Å²) in [4.78, 5) is 7.16. The fourth-order valence-corrected chi connectivity index (χ4v) is 3.07. The van der Waals surface area contributed by atoms with Gasteiger partial charge in [0.1, 0.15) is 5.01 Å². The fourth-order valence-electron chi connectivity index (χ4n) is 2.07. The molecule has 1 saturated heterocycles. The monoisotopic (exact) mass is 239 g/mol. The number of nitrogens with one attached hydrogen (secondary N) is 1. The van der Waals surface area contributed by atoms with Gasteiger partial charge >= 0.3 is 0 Å². The lowest BCUT2D eigenvalue weighted by molar-refractivity contribution is 0.202. The minimum atomic E-state index is 0.472. The van der Waals surface area contributed by atoms with Gasteiger partial charge < -0.3 is 5.32 Å². The summed E-state index contributed by atoms with van der Waals surface area (Å²) in [6.07, 6.45) is 1.10. The van der Waals surface area contributed by atoms with Gasteiger partial charge in [-0.25, -0.2) is 4.98 Å². The van der Waals surface area contributed by atoms with E-state index in [0.29, 0.717) is 12.0 Å². The molecule has 0 aromatic carbocycles. The maximum Gasteiger partial charge on any atom is 0.111 e. The Kier molecular flexibility index (Phi) is 3.95. The van der Waals surface area contributed by atoms with Gasteiger partial charge in [-0.3, -0.25) is 4.90 Å². The van der Waals surface area contributed by atoms with E-state index < -0.39 is 0 Å². The first-order valence-electron chi connectivity index (χ1n) is 6.02. The largest absolute Gasteiger partial charge is 0.313 e. The third kappa shape index (κ3) is 2.81. The van der Waals surface area contributed by atoms with Crippen molar-refractivity contribution in [3.8, 4) is 0 Å². The van der Waals surface area contributed by atoms with Gasteiger partial charge in [-0.15, -0.1) is 11.3 Å². The molecule has 0 bridgehead atoms. The Morgan fingerprint density at radius 1 is 1.62 bits per heavy atom. The van der Waals surface area contributed by atoms with Crippen molar-refractivity contribution in [3.63, 3.8) is 0 Å². The van der Waals surface area contributed by atoms with E-state index in [9.17, 15) is 0 Å². The Morgan fingerprint density at radius 2 is 2.44 bits per heavy atom. The summed E-state index contributed by atoms with van der Waals surface area (Å²) < 4.78 is 0. The van der Waals surface area contributed by atoms with Crippen LogP contribution in [0.3, 0.4) is 0 Å². The quantitative estimate of drug-likeness (QED) is 0.873. The first-order chi connectivity index (χ1) is 7.66. The van der Waals surface area contributed by atoms with E-state index in [2.05, 4.69) is 36.5 Å². The van der Waals surface area contributed by atoms with Crippen LogP contribution in [0.25, 0.3) is 0 Å². The Hall–Kier alpha value is -0.450. The zero-order valence-corrected chi connectivity index (χ0v) is 11.2. The maximum absolute atomic E-state index is 4.76. The molecule has 0 aliphatic carbocycles. The minimum absolute atomic E-state index is 0.472. The van der Waals surface area contributed by atoms with Crippen LogP contribution in [0.5, 0.6) is 0 Å². The van der Waals surface area contributed by atoms with Gasteiger partial charge in [-0.1, -0.05) is 13.8 Å². The zero-order valence-electron chi connectivity index (χ0n) is 10.4. The molecule has 1 aromatic heterocycles. The van der Waals surface area contributed by atoms with Crippen molar-refractivity contribution in [2.75, 3.05) is 26.7 Å². The van der Waals surface area contributed by atoms with Crippen molar-refractivity contribution in [1.29, 1.82) is 0 Å². The standard InChI is InChI=1S/C12H21N3S/c1-9(2)6-10-8-16-12(14-10)11-7-13-4-5-15(11)3/h8-9,11,13H,4-7H2,1-3H3. The van der Waals surface area contributed by atoms with Gasteiger partial charge in [0.2, 0.25) is 0 Å². The van der Waals surface area contributed by atoms with E-state index in [1.165, 1.54) is 10.7 Å². The Labute approximate surface area is 102 Å². The third-order valence-corrected chi connectivity index (χ3v) is 3.98. The number of piperazine rings is 1. The average molecular weight is 239 g/mol. The summed E-state index contributed by atoms with van der Waals surface area (Å²) in [5.74, 6) is 0.692. The van der Waals surface area contributed by atoms with Crippen LogP contribution in [-0.4, -0.2) is 36.6 Å². The summed E-state index contributed by atoms with van der Waals surface area (Å²) in [5, 5.41) is 6.93. The summed E-state index contributed by atoms with van der Waals surface area (Å²) in [7, 11) is 2.19. The van der Waals surface area contributed by atoms with E-state index in [1.54, 1.807) is 0 Å². The first-order valence-corrected chi connectivity index (χ1v) is 6.90. The maximum atomic E-state index is 4.76. The van der Waals surface area contributed by atoms with Gasteiger partial charge in [0.05, 0.1) is 11.7 Å². The van der Waals surface area contributed by atoms with Crippen LogP contribution < -0.4 is 5.32 Å². The predicted octanol–water partition coefficient (Wildman–Crippen LogP) is 1.92.